The van der Waals surface area contributed by atoms with Gasteiger partial charge in [0.05, 0.1) is 11.5 Å². The fourth-order valence-corrected chi connectivity index (χ4v) is 2.69. The van der Waals surface area contributed by atoms with E-state index in [1.165, 1.54) is 0 Å². The molecular formula is C13H21N3O2S. The summed E-state index contributed by atoms with van der Waals surface area (Å²) in [7, 11) is 0. The Bertz CT molecular complexity index is 422. The van der Waals surface area contributed by atoms with Crippen molar-refractivity contribution >= 4 is 29.0 Å². The topological polar surface area (TPSA) is 66.6 Å². The van der Waals surface area contributed by atoms with Crippen LogP contribution >= 0.6 is 12.2 Å². The molecule has 2 aliphatic heterocycles. The third-order valence-corrected chi connectivity index (χ3v) is 4.72. The highest BCUT2D eigenvalue weighted by Gasteiger charge is 2.42. The Morgan fingerprint density at radius 3 is 2.79 bits per heavy atom. The minimum atomic E-state index is -0.286. The molecule has 0 aliphatic carbocycles. The summed E-state index contributed by atoms with van der Waals surface area (Å²) in [5.74, 6) is 0.145. The number of nitrogens with two attached hydrogens (primary N) is 1. The van der Waals surface area contributed by atoms with Crippen LogP contribution in [0, 0.1) is 5.41 Å². The van der Waals surface area contributed by atoms with Gasteiger partial charge in [0.25, 0.3) is 0 Å². The number of hydrogen-bond acceptors (Lipinski definition) is 3. The molecule has 5 nitrogen and oxygen atoms in total. The second-order valence-electron chi connectivity index (χ2n) is 6.00. The van der Waals surface area contributed by atoms with Gasteiger partial charge in [-0.1, -0.05) is 26.1 Å². The standard InChI is InChI=1S/C13H21N3O2S/c1-13(2,12(14)19)5-7-15-8-10(17)16-6-3-4-9(16)11(15)18/h9H,3-8H2,1-2H3,(H2,14,19). The minimum absolute atomic E-state index is 0.0650. The van der Waals surface area contributed by atoms with E-state index in [1.54, 1.807) is 9.80 Å². The second-order valence-corrected chi connectivity index (χ2v) is 6.44. The SMILES string of the molecule is CC(C)(CCN1CC(=O)N2CCCC2C1=O)C(N)=S. The van der Waals surface area contributed by atoms with Crippen molar-refractivity contribution < 1.29 is 9.59 Å². The molecule has 0 spiro atoms. The predicted octanol–water partition coefficient (Wildman–Crippen LogP) is 0.522. The van der Waals surface area contributed by atoms with Gasteiger partial charge in [0.15, 0.2) is 0 Å². The first-order valence-corrected chi connectivity index (χ1v) is 7.12. The Morgan fingerprint density at radius 1 is 1.47 bits per heavy atom. The van der Waals surface area contributed by atoms with Crippen LogP contribution in [-0.2, 0) is 9.59 Å². The number of piperazine rings is 1. The highest BCUT2D eigenvalue weighted by atomic mass is 32.1. The first kappa shape index (κ1) is 14.2. The van der Waals surface area contributed by atoms with Gasteiger partial charge in [-0.15, -0.1) is 0 Å². The van der Waals surface area contributed by atoms with Crippen molar-refractivity contribution in [2.45, 2.75) is 39.2 Å². The second kappa shape index (κ2) is 5.07. The molecule has 2 rings (SSSR count). The number of carbonyl (C=O) groups is 2. The zero-order chi connectivity index (χ0) is 14.2. The summed E-state index contributed by atoms with van der Waals surface area (Å²) in [5.41, 5.74) is 5.40. The summed E-state index contributed by atoms with van der Waals surface area (Å²) in [6.07, 6.45) is 2.40. The Balaban J connectivity index is 2.00. The molecule has 2 saturated heterocycles. The number of hydrogen-bond donors (Lipinski definition) is 1. The summed E-state index contributed by atoms with van der Waals surface area (Å²) in [4.78, 5) is 28.1. The van der Waals surface area contributed by atoms with E-state index in [1.807, 2.05) is 13.8 Å². The lowest BCUT2D eigenvalue weighted by Gasteiger charge is -2.37. The van der Waals surface area contributed by atoms with Crippen LogP contribution in [0.2, 0.25) is 0 Å². The van der Waals surface area contributed by atoms with Crippen molar-refractivity contribution in [3.63, 3.8) is 0 Å². The van der Waals surface area contributed by atoms with E-state index in [0.717, 1.165) is 19.4 Å². The van der Waals surface area contributed by atoms with Crippen molar-refractivity contribution in [3.8, 4) is 0 Å². The number of thiocarbonyl (C=S) groups is 1. The zero-order valence-electron chi connectivity index (χ0n) is 11.5. The Kier molecular flexibility index (Phi) is 3.80. The number of carbonyl (C=O) groups excluding carboxylic acids is 2. The van der Waals surface area contributed by atoms with Crippen LogP contribution in [0.15, 0.2) is 0 Å². The van der Waals surface area contributed by atoms with Crippen LogP contribution in [0.25, 0.3) is 0 Å². The molecule has 1 atom stereocenters. The van der Waals surface area contributed by atoms with Crippen LogP contribution in [0.3, 0.4) is 0 Å². The van der Waals surface area contributed by atoms with Crippen LogP contribution < -0.4 is 5.73 Å². The molecule has 106 valence electrons. The lowest BCUT2D eigenvalue weighted by atomic mass is 9.89. The molecule has 6 heteroatoms. The molecule has 0 aromatic rings. The molecule has 0 radical (unpaired) electrons. The molecule has 0 bridgehead atoms. The average Bonchev–Trinajstić information content (AvgIpc) is 2.81. The maximum Gasteiger partial charge on any atom is 0.245 e. The summed E-state index contributed by atoms with van der Waals surface area (Å²) in [5, 5.41) is 0. The molecule has 0 saturated carbocycles. The third kappa shape index (κ3) is 2.73. The first-order valence-electron chi connectivity index (χ1n) is 6.71. The van der Waals surface area contributed by atoms with Crippen LogP contribution in [0.1, 0.15) is 33.1 Å². The molecule has 1 unspecified atom stereocenters. The zero-order valence-corrected chi connectivity index (χ0v) is 12.3. The molecule has 2 aliphatic rings. The predicted molar refractivity (Wildman–Crippen MR) is 76.5 cm³/mol. The molecule has 2 amide bonds. The highest BCUT2D eigenvalue weighted by Crippen LogP contribution is 2.26. The number of rotatable bonds is 4. The van der Waals surface area contributed by atoms with Crippen molar-refractivity contribution in [2.24, 2.45) is 11.1 Å². The number of fused-ring (bicyclic) bond motifs is 1. The van der Waals surface area contributed by atoms with Crippen molar-refractivity contribution in [2.75, 3.05) is 19.6 Å². The van der Waals surface area contributed by atoms with E-state index < -0.39 is 0 Å². The summed E-state index contributed by atoms with van der Waals surface area (Å²) in [6, 6.07) is -0.228. The van der Waals surface area contributed by atoms with E-state index in [0.29, 0.717) is 18.0 Å². The maximum atomic E-state index is 12.3. The number of amides is 2. The van der Waals surface area contributed by atoms with Gasteiger partial charge >= 0.3 is 0 Å². The largest absolute Gasteiger partial charge is 0.393 e. The van der Waals surface area contributed by atoms with E-state index >= 15 is 0 Å². The van der Waals surface area contributed by atoms with Gasteiger partial charge in [-0.05, 0) is 19.3 Å². The lowest BCUT2D eigenvalue weighted by molar-refractivity contribution is -0.153. The van der Waals surface area contributed by atoms with Gasteiger partial charge in [0.1, 0.15) is 6.04 Å². The van der Waals surface area contributed by atoms with Gasteiger partial charge in [-0.25, -0.2) is 0 Å². The summed E-state index contributed by atoms with van der Waals surface area (Å²) >= 11 is 5.03. The van der Waals surface area contributed by atoms with Crippen LogP contribution in [0.5, 0.6) is 0 Å². The van der Waals surface area contributed by atoms with Gasteiger partial charge in [-0.3, -0.25) is 9.59 Å². The molecule has 19 heavy (non-hydrogen) atoms. The first-order chi connectivity index (χ1) is 8.83. The smallest absolute Gasteiger partial charge is 0.245 e. The van der Waals surface area contributed by atoms with Gasteiger partial charge in [0, 0.05) is 18.5 Å². The lowest BCUT2D eigenvalue weighted by Crippen LogP contribution is -2.57. The van der Waals surface area contributed by atoms with E-state index in [-0.39, 0.29) is 29.8 Å². The third-order valence-electron chi connectivity index (χ3n) is 4.17. The fraction of sp³-hybridized carbons (Fsp3) is 0.769. The normalized spacial score (nSPS) is 23.8. The highest BCUT2D eigenvalue weighted by molar-refractivity contribution is 7.80. The Hall–Kier alpha value is -1.17. The van der Waals surface area contributed by atoms with E-state index in [9.17, 15) is 9.59 Å². The van der Waals surface area contributed by atoms with Crippen molar-refractivity contribution in [1.29, 1.82) is 0 Å². The van der Waals surface area contributed by atoms with Crippen LogP contribution in [-0.4, -0.2) is 52.3 Å². The monoisotopic (exact) mass is 283 g/mol. The van der Waals surface area contributed by atoms with E-state index in [4.69, 9.17) is 18.0 Å². The average molecular weight is 283 g/mol. The molecular weight excluding hydrogens is 262 g/mol. The fourth-order valence-electron chi connectivity index (χ4n) is 2.59. The summed E-state index contributed by atoms with van der Waals surface area (Å²) < 4.78 is 0. The summed E-state index contributed by atoms with van der Waals surface area (Å²) in [6.45, 7) is 5.39. The van der Waals surface area contributed by atoms with E-state index in [2.05, 4.69) is 0 Å². The molecule has 2 heterocycles. The molecule has 2 fully saturated rings. The van der Waals surface area contributed by atoms with Gasteiger partial charge < -0.3 is 15.5 Å². The maximum absolute atomic E-state index is 12.3. The van der Waals surface area contributed by atoms with Gasteiger partial charge in [-0.2, -0.15) is 0 Å². The number of nitrogens with zero attached hydrogens (tertiary/aromatic N) is 2. The molecule has 0 aromatic carbocycles. The van der Waals surface area contributed by atoms with Crippen molar-refractivity contribution in [3.05, 3.63) is 0 Å². The quantitative estimate of drug-likeness (QED) is 0.764. The minimum Gasteiger partial charge on any atom is -0.393 e. The van der Waals surface area contributed by atoms with Crippen molar-refractivity contribution in [1.82, 2.24) is 9.80 Å². The molecule has 2 N–H and O–H groups in total. The molecule has 0 aromatic heterocycles. The Morgan fingerprint density at radius 2 is 2.16 bits per heavy atom. The van der Waals surface area contributed by atoms with Crippen LogP contribution in [0.4, 0.5) is 0 Å². The van der Waals surface area contributed by atoms with Gasteiger partial charge in [0.2, 0.25) is 11.8 Å². The Labute approximate surface area is 119 Å².